The van der Waals surface area contributed by atoms with E-state index in [0.29, 0.717) is 0 Å². The van der Waals surface area contributed by atoms with Gasteiger partial charge in [-0.3, -0.25) is 4.79 Å². The normalized spacial score (nSPS) is 10.7. The molecule has 1 rings (SSSR count). The maximum Gasteiger partial charge on any atom is 0.159 e. The highest BCUT2D eigenvalue weighted by atomic mass is 16.5. The third kappa shape index (κ3) is 7.44. The van der Waals surface area contributed by atoms with Crippen LogP contribution >= 0.6 is 0 Å². The van der Waals surface area contributed by atoms with Crippen molar-refractivity contribution in [1.29, 1.82) is 0 Å². The largest absolute Gasteiger partial charge is 0.381 e. The molecule has 0 fully saturated rings. The van der Waals surface area contributed by atoms with Crippen LogP contribution in [0.25, 0.3) is 0 Å². The number of hydrogen-bond acceptors (Lipinski definition) is 2. The summed E-state index contributed by atoms with van der Waals surface area (Å²) in [6, 6.07) is 7.83. The number of benzene rings is 1. The lowest BCUT2D eigenvalue weighted by Crippen LogP contribution is -2.01. The Morgan fingerprint density at radius 1 is 0.950 bits per heavy atom. The van der Waals surface area contributed by atoms with Gasteiger partial charge >= 0.3 is 0 Å². The van der Waals surface area contributed by atoms with Crippen LogP contribution in [-0.2, 0) is 11.2 Å². The van der Waals surface area contributed by atoms with E-state index in [1.54, 1.807) is 6.92 Å². The number of rotatable bonds is 11. The van der Waals surface area contributed by atoms with Gasteiger partial charge < -0.3 is 4.74 Å². The summed E-state index contributed by atoms with van der Waals surface area (Å²) < 4.78 is 5.65. The lowest BCUT2D eigenvalue weighted by atomic mass is 10.1. The molecule has 0 spiro atoms. The summed E-state index contributed by atoms with van der Waals surface area (Å²) in [4.78, 5) is 11.2. The van der Waals surface area contributed by atoms with Gasteiger partial charge in [-0.1, -0.05) is 63.3 Å². The fourth-order valence-corrected chi connectivity index (χ4v) is 2.18. The smallest absolute Gasteiger partial charge is 0.159 e. The van der Waals surface area contributed by atoms with Crippen LogP contribution in [0.15, 0.2) is 24.3 Å². The summed E-state index contributed by atoms with van der Waals surface area (Å²) in [6.45, 7) is 5.48. The van der Waals surface area contributed by atoms with E-state index in [-0.39, 0.29) is 5.78 Å². The van der Waals surface area contributed by atoms with Gasteiger partial charge in [-0.25, -0.2) is 0 Å². The number of ketones is 1. The van der Waals surface area contributed by atoms with Crippen molar-refractivity contribution in [3.8, 4) is 0 Å². The van der Waals surface area contributed by atoms with Gasteiger partial charge in [0.25, 0.3) is 0 Å². The first-order valence-electron chi connectivity index (χ1n) is 7.91. The summed E-state index contributed by atoms with van der Waals surface area (Å²) in [7, 11) is 0. The van der Waals surface area contributed by atoms with Crippen molar-refractivity contribution in [1.82, 2.24) is 0 Å². The van der Waals surface area contributed by atoms with Crippen LogP contribution in [-0.4, -0.2) is 19.0 Å². The van der Waals surface area contributed by atoms with Crippen molar-refractivity contribution in [2.45, 2.75) is 58.8 Å². The molecule has 112 valence electrons. The predicted octanol–water partition coefficient (Wildman–Crippen LogP) is 4.81. The lowest BCUT2D eigenvalue weighted by Gasteiger charge is -2.05. The Labute approximate surface area is 123 Å². The average Bonchev–Trinajstić information content (AvgIpc) is 2.46. The third-order valence-corrected chi connectivity index (χ3v) is 3.54. The molecule has 1 aromatic rings. The van der Waals surface area contributed by atoms with E-state index in [1.165, 1.54) is 44.1 Å². The number of hydrogen-bond donors (Lipinski definition) is 0. The van der Waals surface area contributed by atoms with Gasteiger partial charge in [0.2, 0.25) is 0 Å². The van der Waals surface area contributed by atoms with Crippen LogP contribution in [0.2, 0.25) is 0 Å². The fraction of sp³-hybridized carbons (Fsp3) is 0.611. The molecule has 0 aromatic heterocycles. The summed E-state index contributed by atoms with van der Waals surface area (Å²) in [5.74, 6) is 0.121. The first-order valence-corrected chi connectivity index (χ1v) is 7.91. The number of carbonyl (C=O) groups is 1. The van der Waals surface area contributed by atoms with Gasteiger partial charge in [-0.15, -0.1) is 0 Å². The van der Waals surface area contributed by atoms with Gasteiger partial charge in [0, 0.05) is 12.2 Å². The summed E-state index contributed by atoms with van der Waals surface area (Å²) >= 11 is 0. The van der Waals surface area contributed by atoms with Crippen molar-refractivity contribution in [3.05, 3.63) is 35.4 Å². The van der Waals surface area contributed by atoms with E-state index in [2.05, 4.69) is 6.92 Å². The maximum absolute atomic E-state index is 11.2. The van der Waals surface area contributed by atoms with E-state index in [0.717, 1.165) is 25.2 Å². The first-order chi connectivity index (χ1) is 9.74. The summed E-state index contributed by atoms with van der Waals surface area (Å²) in [5.41, 5.74) is 2.01. The Morgan fingerprint density at radius 3 is 2.25 bits per heavy atom. The number of ether oxygens (including phenoxy) is 1. The van der Waals surface area contributed by atoms with Crippen LogP contribution < -0.4 is 0 Å². The van der Waals surface area contributed by atoms with Crippen molar-refractivity contribution < 1.29 is 9.53 Å². The minimum absolute atomic E-state index is 0.121. The van der Waals surface area contributed by atoms with E-state index < -0.39 is 0 Å². The molecular weight excluding hydrogens is 248 g/mol. The van der Waals surface area contributed by atoms with Crippen molar-refractivity contribution in [2.75, 3.05) is 13.2 Å². The molecule has 0 saturated heterocycles. The molecule has 0 bridgehead atoms. The van der Waals surface area contributed by atoms with Gasteiger partial charge in [0.15, 0.2) is 5.78 Å². The molecule has 2 heteroatoms. The first kappa shape index (κ1) is 16.9. The van der Waals surface area contributed by atoms with Crippen molar-refractivity contribution >= 4 is 5.78 Å². The maximum atomic E-state index is 11.2. The molecule has 0 radical (unpaired) electrons. The molecule has 0 saturated carbocycles. The van der Waals surface area contributed by atoms with Gasteiger partial charge in [0.1, 0.15) is 0 Å². The Hall–Kier alpha value is -1.15. The van der Waals surface area contributed by atoms with Crippen LogP contribution in [0.1, 0.15) is 68.3 Å². The van der Waals surface area contributed by atoms with Crippen LogP contribution in [0, 0.1) is 0 Å². The van der Waals surface area contributed by atoms with Gasteiger partial charge in [-0.2, -0.15) is 0 Å². The highest BCUT2D eigenvalue weighted by molar-refractivity contribution is 5.93. The molecule has 0 aliphatic rings. The van der Waals surface area contributed by atoms with E-state index in [9.17, 15) is 4.79 Å². The van der Waals surface area contributed by atoms with Gasteiger partial charge in [-0.05, 0) is 25.3 Å². The zero-order valence-electron chi connectivity index (χ0n) is 13.0. The Bertz CT molecular complexity index is 368. The quantitative estimate of drug-likeness (QED) is 0.428. The molecule has 0 aliphatic carbocycles. The molecule has 2 nitrogen and oxygen atoms in total. The zero-order valence-corrected chi connectivity index (χ0v) is 13.0. The third-order valence-electron chi connectivity index (χ3n) is 3.54. The Kier molecular flexibility index (Phi) is 8.97. The summed E-state index contributed by atoms with van der Waals surface area (Å²) in [5, 5.41) is 0. The SMILES string of the molecule is CCCCCCCCOCCc1ccc(C(C)=O)cc1. The average molecular weight is 276 g/mol. The number of Topliss-reactive ketones (excluding diaryl/α,β-unsaturated/α-hetero) is 1. The van der Waals surface area contributed by atoms with Crippen LogP contribution in [0.4, 0.5) is 0 Å². The molecule has 0 unspecified atom stereocenters. The molecule has 0 N–H and O–H groups in total. The van der Waals surface area contributed by atoms with Crippen molar-refractivity contribution in [3.63, 3.8) is 0 Å². The molecule has 1 aromatic carbocycles. The van der Waals surface area contributed by atoms with E-state index in [1.807, 2.05) is 24.3 Å². The monoisotopic (exact) mass is 276 g/mol. The van der Waals surface area contributed by atoms with Gasteiger partial charge in [0.05, 0.1) is 6.61 Å². The molecule has 20 heavy (non-hydrogen) atoms. The van der Waals surface area contributed by atoms with E-state index >= 15 is 0 Å². The minimum Gasteiger partial charge on any atom is -0.381 e. The second-order valence-electron chi connectivity index (χ2n) is 5.38. The molecule has 0 amide bonds. The number of unbranched alkanes of at least 4 members (excludes halogenated alkanes) is 5. The topological polar surface area (TPSA) is 26.3 Å². The summed E-state index contributed by atoms with van der Waals surface area (Å²) in [6.07, 6.45) is 8.74. The predicted molar refractivity (Wildman–Crippen MR) is 84.3 cm³/mol. The standard InChI is InChI=1S/C18H28O2/c1-3-4-5-6-7-8-14-20-15-13-17-9-11-18(12-10-17)16(2)19/h9-12H,3-8,13-15H2,1-2H3. The fourth-order valence-electron chi connectivity index (χ4n) is 2.18. The highest BCUT2D eigenvalue weighted by Gasteiger charge is 1.99. The molecule has 0 aliphatic heterocycles. The van der Waals surface area contributed by atoms with Crippen molar-refractivity contribution in [2.24, 2.45) is 0 Å². The highest BCUT2D eigenvalue weighted by Crippen LogP contribution is 2.07. The Morgan fingerprint density at radius 2 is 1.60 bits per heavy atom. The molecular formula is C18H28O2. The zero-order chi connectivity index (χ0) is 14.6. The lowest BCUT2D eigenvalue weighted by molar-refractivity contribution is 0.101. The molecule has 0 heterocycles. The van der Waals surface area contributed by atoms with E-state index in [4.69, 9.17) is 4.74 Å². The van der Waals surface area contributed by atoms with Crippen LogP contribution in [0.5, 0.6) is 0 Å². The minimum atomic E-state index is 0.121. The second kappa shape index (κ2) is 10.6. The molecule has 0 atom stereocenters. The number of carbonyl (C=O) groups excluding carboxylic acids is 1. The second-order valence-corrected chi connectivity index (χ2v) is 5.38. The van der Waals surface area contributed by atoms with Crippen LogP contribution in [0.3, 0.4) is 0 Å². The Balaban J connectivity index is 2.02.